The van der Waals surface area contributed by atoms with Gasteiger partial charge in [-0.15, -0.1) is 0 Å². The van der Waals surface area contributed by atoms with Crippen molar-refractivity contribution in [1.29, 1.82) is 0 Å². The van der Waals surface area contributed by atoms with E-state index in [1.807, 2.05) is 32.3 Å². The normalized spacial score (nSPS) is 11.3. The Balaban J connectivity index is 2.71. The van der Waals surface area contributed by atoms with Gasteiger partial charge in [-0.2, -0.15) is 0 Å². The van der Waals surface area contributed by atoms with Gasteiger partial charge >= 0.3 is 5.69 Å². The average Bonchev–Trinajstić information content (AvgIpc) is 2.36. The molecule has 0 aliphatic rings. The summed E-state index contributed by atoms with van der Waals surface area (Å²) in [5, 5.41) is 0.591. The maximum atomic E-state index is 12.1. The molecule has 0 atom stereocenters. The van der Waals surface area contributed by atoms with Gasteiger partial charge < -0.3 is 4.90 Å². The Hall–Kier alpha value is -1.88. The Labute approximate surface area is 105 Å². The van der Waals surface area contributed by atoms with Gasteiger partial charge in [0.05, 0.1) is 38.1 Å². The number of hydrogen-bond acceptors (Lipinski definition) is 2. The monoisotopic (exact) mass is 248 g/mol. The summed E-state index contributed by atoms with van der Waals surface area (Å²) in [6.45, 7) is 1.44. The molecule has 0 radical (unpaired) electrons. The molecule has 0 saturated carbocycles. The lowest BCUT2D eigenvalue weighted by molar-refractivity contribution is -0.858. The van der Waals surface area contributed by atoms with Crippen molar-refractivity contribution >= 4 is 10.9 Å². The summed E-state index contributed by atoms with van der Waals surface area (Å²) in [5.41, 5.74) is 0.232. The second-order valence-electron chi connectivity index (χ2n) is 4.77. The van der Waals surface area contributed by atoms with Crippen LogP contribution in [0.25, 0.3) is 10.9 Å². The molecule has 96 valence electrons. The first-order valence-corrected chi connectivity index (χ1v) is 6.00. The first-order valence-electron chi connectivity index (χ1n) is 6.00. The van der Waals surface area contributed by atoms with E-state index in [9.17, 15) is 9.59 Å². The zero-order valence-corrected chi connectivity index (χ0v) is 10.9. The first-order chi connectivity index (χ1) is 8.52. The molecular formula is C13H18N3O2+. The van der Waals surface area contributed by atoms with Crippen LogP contribution in [0.5, 0.6) is 0 Å². The predicted molar refractivity (Wildman–Crippen MR) is 71.1 cm³/mol. The molecule has 0 fully saturated rings. The van der Waals surface area contributed by atoms with Crippen LogP contribution < -0.4 is 16.1 Å². The number of likely N-dealkylation sites (N-methyl/N-ethyl adjacent to an activating group) is 1. The number of para-hydroxylation sites is 1. The molecule has 0 unspecified atom stereocenters. The molecule has 0 aliphatic heterocycles. The van der Waals surface area contributed by atoms with E-state index >= 15 is 0 Å². The summed E-state index contributed by atoms with van der Waals surface area (Å²) in [4.78, 5) is 25.4. The number of nitrogens with one attached hydrogen (secondary N) is 1. The number of hydrogen-bond donors (Lipinski definition) is 1. The molecule has 1 N–H and O–H groups in total. The van der Waals surface area contributed by atoms with Crippen LogP contribution in [0.1, 0.15) is 0 Å². The van der Waals surface area contributed by atoms with E-state index in [2.05, 4.69) is 0 Å². The van der Waals surface area contributed by atoms with E-state index in [1.54, 1.807) is 10.6 Å². The second-order valence-corrected chi connectivity index (χ2v) is 4.77. The third kappa shape index (κ3) is 2.09. The molecular weight excluding hydrogens is 230 g/mol. The Bertz CT molecular complexity index is 683. The summed E-state index contributed by atoms with van der Waals surface area (Å²) in [7, 11) is 5.60. The van der Waals surface area contributed by atoms with Crippen molar-refractivity contribution in [2.75, 3.05) is 20.6 Å². The van der Waals surface area contributed by atoms with Gasteiger partial charge in [0.1, 0.15) is 0 Å². The van der Waals surface area contributed by atoms with Gasteiger partial charge in [0.15, 0.2) is 0 Å². The zero-order valence-electron chi connectivity index (χ0n) is 10.9. The van der Waals surface area contributed by atoms with Crippen molar-refractivity contribution in [1.82, 2.24) is 9.13 Å². The lowest BCUT2D eigenvalue weighted by Gasteiger charge is -2.13. The highest BCUT2D eigenvalue weighted by molar-refractivity contribution is 5.77. The van der Waals surface area contributed by atoms with Crippen molar-refractivity contribution in [2.24, 2.45) is 7.05 Å². The van der Waals surface area contributed by atoms with E-state index in [0.717, 1.165) is 6.54 Å². The summed E-state index contributed by atoms with van der Waals surface area (Å²) >= 11 is 0. The predicted octanol–water partition coefficient (Wildman–Crippen LogP) is -1.16. The Morgan fingerprint density at radius 2 is 1.83 bits per heavy atom. The van der Waals surface area contributed by atoms with Crippen LogP contribution in [0.3, 0.4) is 0 Å². The highest BCUT2D eigenvalue weighted by atomic mass is 16.2. The highest BCUT2D eigenvalue weighted by Gasteiger charge is 2.10. The standard InChI is InChI=1S/C13H17N3O2/c1-14(2)8-9-16-11-7-5-4-6-10(11)12(17)15(3)13(16)18/h4-7H,8-9H2,1-3H3/p+1. The van der Waals surface area contributed by atoms with Crippen molar-refractivity contribution in [3.05, 3.63) is 45.1 Å². The van der Waals surface area contributed by atoms with Gasteiger partial charge in [0.25, 0.3) is 5.56 Å². The molecule has 2 aromatic rings. The number of quaternary nitrogens is 1. The van der Waals surface area contributed by atoms with Gasteiger partial charge in [-0.1, -0.05) is 12.1 Å². The van der Waals surface area contributed by atoms with E-state index in [0.29, 0.717) is 17.4 Å². The molecule has 0 bridgehead atoms. The fourth-order valence-corrected chi connectivity index (χ4v) is 1.99. The number of rotatable bonds is 3. The average molecular weight is 248 g/mol. The molecule has 0 aliphatic carbocycles. The summed E-state index contributed by atoms with van der Waals surface area (Å²) in [6, 6.07) is 7.25. The lowest BCUT2D eigenvalue weighted by Crippen LogP contribution is -3.06. The minimum atomic E-state index is -0.250. The van der Waals surface area contributed by atoms with Gasteiger partial charge in [0, 0.05) is 7.05 Å². The molecule has 1 aromatic heterocycles. The van der Waals surface area contributed by atoms with Crippen LogP contribution in [-0.4, -0.2) is 29.8 Å². The zero-order chi connectivity index (χ0) is 13.3. The molecule has 0 amide bonds. The van der Waals surface area contributed by atoms with Crippen molar-refractivity contribution in [3.63, 3.8) is 0 Å². The number of fused-ring (bicyclic) bond motifs is 1. The molecule has 1 aromatic carbocycles. The molecule has 5 heteroatoms. The molecule has 5 nitrogen and oxygen atoms in total. The maximum absolute atomic E-state index is 12.1. The van der Waals surface area contributed by atoms with E-state index in [1.165, 1.54) is 16.5 Å². The number of nitrogens with zero attached hydrogens (tertiary/aromatic N) is 2. The Morgan fingerprint density at radius 1 is 1.17 bits per heavy atom. The first kappa shape index (κ1) is 12.6. The fraction of sp³-hybridized carbons (Fsp3) is 0.385. The number of benzene rings is 1. The van der Waals surface area contributed by atoms with Gasteiger partial charge in [-0.25, -0.2) is 4.79 Å². The Morgan fingerprint density at radius 3 is 2.50 bits per heavy atom. The van der Waals surface area contributed by atoms with Gasteiger partial charge in [0.2, 0.25) is 0 Å². The second kappa shape index (κ2) is 4.78. The van der Waals surface area contributed by atoms with E-state index in [-0.39, 0.29) is 11.2 Å². The molecule has 18 heavy (non-hydrogen) atoms. The van der Waals surface area contributed by atoms with Crippen molar-refractivity contribution < 1.29 is 4.90 Å². The SMILES string of the molecule is Cn1c(=O)c2ccccc2n(CC[NH+](C)C)c1=O. The third-order valence-electron chi connectivity index (χ3n) is 3.08. The lowest BCUT2D eigenvalue weighted by atomic mass is 10.2. The van der Waals surface area contributed by atoms with Crippen LogP contribution in [0.4, 0.5) is 0 Å². The number of aromatic nitrogens is 2. The van der Waals surface area contributed by atoms with Crippen LogP contribution in [0, 0.1) is 0 Å². The molecule has 1 heterocycles. The summed E-state index contributed by atoms with van der Waals surface area (Å²) in [5.74, 6) is 0. The quantitative estimate of drug-likeness (QED) is 0.745. The third-order valence-corrected chi connectivity index (χ3v) is 3.08. The van der Waals surface area contributed by atoms with Crippen LogP contribution >= 0.6 is 0 Å². The largest absolute Gasteiger partial charge is 0.338 e. The highest BCUT2D eigenvalue weighted by Crippen LogP contribution is 2.06. The van der Waals surface area contributed by atoms with Crippen LogP contribution in [0.2, 0.25) is 0 Å². The van der Waals surface area contributed by atoms with Crippen molar-refractivity contribution in [3.8, 4) is 0 Å². The minimum absolute atomic E-state index is 0.232. The van der Waals surface area contributed by atoms with Gasteiger partial charge in [-0.3, -0.25) is 13.9 Å². The molecule has 0 spiro atoms. The topological polar surface area (TPSA) is 48.4 Å². The molecule has 0 saturated heterocycles. The Kier molecular flexibility index (Phi) is 3.34. The summed E-state index contributed by atoms with van der Waals surface area (Å²) in [6.07, 6.45) is 0. The van der Waals surface area contributed by atoms with Crippen LogP contribution in [0.15, 0.2) is 33.9 Å². The molecule has 2 rings (SSSR count). The maximum Gasteiger partial charge on any atom is 0.331 e. The van der Waals surface area contributed by atoms with Crippen molar-refractivity contribution in [2.45, 2.75) is 6.54 Å². The van der Waals surface area contributed by atoms with E-state index < -0.39 is 0 Å². The fourth-order valence-electron chi connectivity index (χ4n) is 1.99. The smallest absolute Gasteiger partial charge is 0.331 e. The van der Waals surface area contributed by atoms with Crippen LogP contribution in [-0.2, 0) is 13.6 Å². The van der Waals surface area contributed by atoms with Gasteiger partial charge in [-0.05, 0) is 12.1 Å². The van der Waals surface area contributed by atoms with E-state index in [4.69, 9.17) is 0 Å². The summed E-state index contributed by atoms with van der Waals surface area (Å²) < 4.78 is 2.84. The minimum Gasteiger partial charge on any atom is -0.338 e.